The number of aromatic hydroxyl groups is 1. The first-order chi connectivity index (χ1) is 8.13. The molecule has 1 amide bonds. The van der Waals surface area contributed by atoms with Crippen LogP contribution in [0.1, 0.15) is 16.8 Å². The van der Waals surface area contributed by atoms with Crippen molar-refractivity contribution in [3.63, 3.8) is 0 Å². The molecular formula is C12H13BrFNO2. The Bertz CT molecular complexity index is 418. The zero-order valence-electron chi connectivity index (χ0n) is 9.20. The number of halogens is 2. The Kier molecular flexibility index (Phi) is 3.66. The summed E-state index contributed by atoms with van der Waals surface area (Å²) in [6.45, 7) is 1.22. The highest BCUT2D eigenvalue weighted by Gasteiger charge is 2.29. The second-order valence-corrected chi connectivity index (χ2v) is 4.84. The molecule has 2 rings (SSSR count). The van der Waals surface area contributed by atoms with Crippen molar-refractivity contribution in [1.29, 1.82) is 0 Å². The summed E-state index contributed by atoms with van der Waals surface area (Å²) in [6.07, 6.45) is 0.909. The molecule has 1 N–H and O–H groups in total. The van der Waals surface area contributed by atoms with Crippen LogP contribution in [-0.4, -0.2) is 34.3 Å². The molecule has 5 heteroatoms. The number of hydrogen-bond donors (Lipinski definition) is 1. The molecule has 0 bridgehead atoms. The predicted octanol–water partition coefficient (Wildman–Crippen LogP) is 2.39. The van der Waals surface area contributed by atoms with Crippen molar-refractivity contribution in [1.82, 2.24) is 4.90 Å². The number of nitrogens with zero attached hydrogens (tertiary/aromatic N) is 1. The number of benzene rings is 1. The van der Waals surface area contributed by atoms with E-state index in [1.807, 2.05) is 0 Å². The van der Waals surface area contributed by atoms with Crippen LogP contribution in [0.15, 0.2) is 18.2 Å². The topological polar surface area (TPSA) is 40.5 Å². The molecule has 0 aromatic heterocycles. The normalized spacial score (nSPS) is 19.6. The summed E-state index contributed by atoms with van der Waals surface area (Å²) in [5.41, 5.74) is -0.220. The lowest BCUT2D eigenvalue weighted by molar-refractivity contribution is 0.0780. The molecule has 3 nitrogen and oxygen atoms in total. The van der Waals surface area contributed by atoms with Crippen LogP contribution < -0.4 is 0 Å². The molecule has 1 aromatic rings. The minimum absolute atomic E-state index is 0.220. The maximum atomic E-state index is 13.5. The SMILES string of the molecule is O=C(c1c(O)cccc1F)N1CCC(CBr)C1. The van der Waals surface area contributed by atoms with Gasteiger partial charge < -0.3 is 10.0 Å². The number of phenolic OH excluding ortho intramolecular Hbond substituents is 1. The van der Waals surface area contributed by atoms with E-state index in [1.54, 1.807) is 4.90 Å². The number of amides is 1. The third-order valence-electron chi connectivity index (χ3n) is 3.00. The molecule has 1 heterocycles. The van der Waals surface area contributed by atoms with Crippen molar-refractivity contribution < 1.29 is 14.3 Å². The summed E-state index contributed by atoms with van der Waals surface area (Å²) in [4.78, 5) is 13.6. The summed E-state index contributed by atoms with van der Waals surface area (Å²) in [6, 6.07) is 3.89. The van der Waals surface area contributed by atoms with E-state index < -0.39 is 11.7 Å². The molecule has 1 aliphatic rings. The van der Waals surface area contributed by atoms with Crippen LogP contribution in [-0.2, 0) is 0 Å². The van der Waals surface area contributed by atoms with E-state index in [9.17, 15) is 14.3 Å². The van der Waals surface area contributed by atoms with Gasteiger partial charge >= 0.3 is 0 Å². The Labute approximate surface area is 107 Å². The first-order valence-electron chi connectivity index (χ1n) is 5.46. The molecule has 92 valence electrons. The minimum atomic E-state index is -0.669. The lowest BCUT2D eigenvalue weighted by Gasteiger charge is -2.17. The number of likely N-dealkylation sites (tertiary alicyclic amines) is 1. The number of alkyl halides is 1. The zero-order valence-corrected chi connectivity index (χ0v) is 10.8. The van der Waals surface area contributed by atoms with Crippen molar-refractivity contribution >= 4 is 21.8 Å². The Balaban J connectivity index is 2.21. The van der Waals surface area contributed by atoms with Gasteiger partial charge in [-0.25, -0.2) is 4.39 Å². The Morgan fingerprint density at radius 3 is 2.94 bits per heavy atom. The Morgan fingerprint density at radius 1 is 1.59 bits per heavy atom. The summed E-state index contributed by atoms with van der Waals surface area (Å²) in [5, 5.41) is 10.4. The van der Waals surface area contributed by atoms with Crippen LogP contribution in [0.25, 0.3) is 0 Å². The summed E-state index contributed by atoms with van der Waals surface area (Å²) in [5.74, 6) is -0.980. The molecule has 17 heavy (non-hydrogen) atoms. The number of phenols is 1. The Morgan fingerprint density at radius 2 is 2.35 bits per heavy atom. The second kappa shape index (κ2) is 5.04. The highest BCUT2D eigenvalue weighted by atomic mass is 79.9. The molecule has 1 aliphatic heterocycles. The lowest BCUT2D eigenvalue weighted by Crippen LogP contribution is -2.29. The van der Waals surface area contributed by atoms with Gasteiger partial charge in [0.15, 0.2) is 0 Å². The van der Waals surface area contributed by atoms with Crippen molar-refractivity contribution in [2.75, 3.05) is 18.4 Å². The molecule has 1 saturated heterocycles. The van der Waals surface area contributed by atoms with Gasteiger partial charge in [0.25, 0.3) is 5.91 Å². The maximum absolute atomic E-state index is 13.5. The van der Waals surface area contributed by atoms with Crippen molar-refractivity contribution in [2.45, 2.75) is 6.42 Å². The van der Waals surface area contributed by atoms with Gasteiger partial charge in [0.2, 0.25) is 0 Å². The number of hydrogen-bond acceptors (Lipinski definition) is 2. The van der Waals surface area contributed by atoms with Gasteiger partial charge in [-0.15, -0.1) is 0 Å². The van der Waals surface area contributed by atoms with Gasteiger partial charge in [0.1, 0.15) is 17.1 Å². The van der Waals surface area contributed by atoms with Gasteiger partial charge in [-0.1, -0.05) is 22.0 Å². The molecule has 0 radical (unpaired) electrons. The quantitative estimate of drug-likeness (QED) is 0.852. The number of carbonyl (C=O) groups is 1. The van der Waals surface area contributed by atoms with Gasteiger partial charge in [-0.3, -0.25) is 4.79 Å². The largest absolute Gasteiger partial charge is 0.507 e. The first kappa shape index (κ1) is 12.4. The predicted molar refractivity (Wildman–Crippen MR) is 65.9 cm³/mol. The minimum Gasteiger partial charge on any atom is -0.507 e. The molecule has 1 fully saturated rings. The monoisotopic (exact) mass is 301 g/mol. The molecule has 0 aliphatic carbocycles. The average molecular weight is 302 g/mol. The van der Waals surface area contributed by atoms with E-state index in [4.69, 9.17) is 0 Å². The van der Waals surface area contributed by atoms with E-state index in [1.165, 1.54) is 18.2 Å². The summed E-state index contributed by atoms with van der Waals surface area (Å²) >= 11 is 3.38. The van der Waals surface area contributed by atoms with Crippen LogP contribution in [0, 0.1) is 11.7 Å². The fourth-order valence-electron chi connectivity index (χ4n) is 2.03. The third-order valence-corrected chi connectivity index (χ3v) is 3.91. The molecule has 1 aromatic carbocycles. The van der Waals surface area contributed by atoms with Gasteiger partial charge in [-0.2, -0.15) is 0 Å². The van der Waals surface area contributed by atoms with E-state index in [0.717, 1.165) is 11.8 Å². The van der Waals surface area contributed by atoms with Crippen molar-refractivity contribution in [3.8, 4) is 5.75 Å². The fraction of sp³-hybridized carbons (Fsp3) is 0.417. The molecule has 1 unspecified atom stereocenters. The van der Waals surface area contributed by atoms with E-state index in [-0.39, 0.29) is 11.3 Å². The van der Waals surface area contributed by atoms with Crippen molar-refractivity contribution in [2.24, 2.45) is 5.92 Å². The van der Waals surface area contributed by atoms with Crippen LogP contribution in [0.2, 0.25) is 0 Å². The standard InChI is InChI=1S/C12H13BrFNO2/c13-6-8-4-5-15(7-8)12(17)11-9(14)2-1-3-10(11)16/h1-3,8,16H,4-7H2. The fourth-order valence-corrected chi connectivity index (χ4v) is 2.55. The van der Waals surface area contributed by atoms with Crippen LogP contribution >= 0.6 is 15.9 Å². The molecular weight excluding hydrogens is 289 g/mol. The number of carbonyl (C=O) groups excluding carboxylic acids is 1. The van der Waals surface area contributed by atoms with E-state index in [0.29, 0.717) is 19.0 Å². The maximum Gasteiger partial charge on any atom is 0.260 e. The van der Waals surface area contributed by atoms with E-state index >= 15 is 0 Å². The molecule has 0 saturated carbocycles. The molecule has 0 spiro atoms. The first-order valence-corrected chi connectivity index (χ1v) is 6.58. The Hall–Kier alpha value is -1.10. The summed E-state index contributed by atoms with van der Waals surface area (Å²) in [7, 11) is 0. The van der Waals surface area contributed by atoms with Crippen LogP contribution in [0.3, 0.4) is 0 Å². The van der Waals surface area contributed by atoms with Crippen molar-refractivity contribution in [3.05, 3.63) is 29.6 Å². The summed E-state index contributed by atoms with van der Waals surface area (Å²) < 4.78 is 13.5. The highest BCUT2D eigenvalue weighted by molar-refractivity contribution is 9.09. The van der Waals surface area contributed by atoms with Crippen LogP contribution in [0.5, 0.6) is 5.75 Å². The van der Waals surface area contributed by atoms with Gasteiger partial charge in [-0.05, 0) is 24.5 Å². The lowest BCUT2D eigenvalue weighted by atomic mass is 10.1. The highest BCUT2D eigenvalue weighted by Crippen LogP contribution is 2.25. The molecule has 1 atom stereocenters. The number of rotatable bonds is 2. The van der Waals surface area contributed by atoms with Crippen LogP contribution in [0.4, 0.5) is 4.39 Å². The van der Waals surface area contributed by atoms with Gasteiger partial charge in [0, 0.05) is 18.4 Å². The average Bonchev–Trinajstić information content (AvgIpc) is 2.77. The van der Waals surface area contributed by atoms with E-state index in [2.05, 4.69) is 15.9 Å². The second-order valence-electron chi connectivity index (χ2n) is 4.19. The zero-order chi connectivity index (χ0) is 12.4. The third kappa shape index (κ3) is 2.44. The van der Waals surface area contributed by atoms with Gasteiger partial charge in [0.05, 0.1) is 0 Å². The smallest absolute Gasteiger partial charge is 0.260 e.